The SMILES string of the molecule is CCCCCCCCC(CCCCBr)C(OCC)(OCC)OCC. The van der Waals surface area contributed by atoms with E-state index in [0.717, 1.165) is 18.2 Å². The maximum Gasteiger partial charge on any atom is 0.285 e. The monoisotopic (exact) mass is 408 g/mol. The maximum absolute atomic E-state index is 6.04. The number of hydrogen-bond donors (Lipinski definition) is 0. The van der Waals surface area contributed by atoms with Gasteiger partial charge in [-0.3, -0.25) is 0 Å². The van der Waals surface area contributed by atoms with Crippen LogP contribution in [0.4, 0.5) is 0 Å². The topological polar surface area (TPSA) is 27.7 Å². The van der Waals surface area contributed by atoms with Gasteiger partial charge in [-0.15, -0.1) is 0 Å². The van der Waals surface area contributed by atoms with Gasteiger partial charge in [0, 0.05) is 31.1 Å². The third kappa shape index (κ3) is 10.4. The molecule has 0 fully saturated rings. The Kier molecular flexibility index (Phi) is 17.1. The lowest BCUT2D eigenvalue weighted by atomic mass is 9.92. The van der Waals surface area contributed by atoms with E-state index < -0.39 is 5.97 Å². The molecule has 1 atom stereocenters. The van der Waals surface area contributed by atoms with Gasteiger partial charge in [0.25, 0.3) is 5.97 Å². The first kappa shape index (κ1) is 24.4. The Balaban J connectivity index is 4.74. The molecule has 0 heterocycles. The molecule has 0 aliphatic rings. The number of rotatable bonds is 18. The van der Waals surface area contributed by atoms with Gasteiger partial charge in [-0.1, -0.05) is 67.8 Å². The minimum absolute atomic E-state index is 0.308. The van der Waals surface area contributed by atoms with Gasteiger partial charge in [0.05, 0.1) is 0 Å². The smallest absolute Gasteiger partial charge is 0.285 e. The number of ether oxygens (including phenoxy) is 3. The van der Waals surface area contributed by atoms with Crippen molar-refractivity contribution >= 4 is 15.9 Å². The van der Waals surface area contributed by atoms with E-state index in [1.165, 1.54) is 51.4 Å². The highest BCUT2D eigenvalue weighted by Crippen LogP contribution is 2.34. The highest BCUT2D eigenvalue weighted by molar-refractivity contribution is 9.09. The lowest BCUT2D eigenvalue weighted by Gasteiger charge is -2.39. The van der Waals surface area contributed by atoms with Gasteiger partial charge in [0.1, 0.15) is 0 Å². The van der Waals surface area contributed by atoms with E-state index in [0.29, 0.717) is 25.7 Å². The Bertz CT molecular complexity index is 244. The van der Waals surface area contributed by atoms with Crippen molar-refractivity contribution in [2.45, 2.75) is 97.9 Å². The van der Waals surface area contributed by atoms with E-state index in [9.17, 15) is 0 Å². The summed E-state index contributed by atoms with van der Waals surface area (Å²) >= 11 is 3.54. The molecule has 24 heavy (non-hydrogen) atoms. The van der Waals surface area contributed by atoms with Crippen LogP contribution in [0.25, 0.3) is 0 Å². The Morgan fingerprint density at radius 1 is 0.667 bits per heavy atom. The number of alkyl halides is 1. The molecule has 0 rings (SSSR count). The molecule has 0 N–H and O–H groups in total. The van der Waals surface area contributed by atoms with Crippen molar-refractivity contribution in [3.05, 3.63) is 0 Å². The molecule has 0 aliphatic carbocycles. The molecule has 3 nitrogen and oxygen atoms in total. The molecule has 4 heteroatoms. The Morgan fingerprint density at radius 2 is 1.12 bits per heavy atom. The Labute approximate surface area is 159 Å². The highest BCUT2D eigenvalue weighted by Gasteiger charge is 2.41. The minimum Gasteiger partial charge on any atom is -0.328 e. The Hall–Kier alpha value is 0.360. The fraction of sp³-hybridized carbons (Fsp3) is 1.00. The molecule has 0 aromatic carbocycles. The van der Waals surface area contributed by atoms with Crippen LogP contribution in [0.5, 0.6) is 0 Å². The zero-order valence-corrected chi connectivity index (χ0v) is 18.2. The fourth-order valence-electron chi connectivity index (χ4n) is 3.24. The van der Waals surface area contributed by atoms with Gasteiger partial charge in [0.15, 0.2) is 0 Å². The van der Waals surface area contributed by atoms with Crippen molar-refractivity contribution in [2.75, 3.05) is 25.2 Å². The van der Waals surface area contributed by atoms with Gasteiger partial charge in [0.2, 0.25) is 0 Å². The maximum atomic E-state index is 6.04. The van der Waals surface area contributed by atoms with Crippen molar-refractivity contribution in [3.63, 3.8) is 0 Å². The highest BCUT2D eigenvalue weighted by atomic mass is 79.9. The molecule has 0 amide bonds. The summed E-state index contributed by atoms with van der Waals surface area (Å²) in [6.07, 6.45) is 12.5. The van der Waals surface area contributed by atoms with Crippen LogP contribution in [0.15, 0.2) is 0 Å². The first-order chi connectivity index (χ1) is 11.7. The molecule has 0 saturated heterocycles. The van der Waals surface area contributed by atoms with Crippen molar-refractivity contribution in [2.24, 2.45) is 5.92 Å². The molecule has 0 aliphatic heterocycles. The first-order valence-electron chi connectivity index (χ1n) is 10.2. The van der Waals surface area contributed by atoms with Gasteiger partial charge >= 0.3 is 0 Å². The largest absolute Gasteiger partial charge is 0.328 e. The summed E-state index contributed by atoms with van der Waals surface area (Å²) in [5.41, 5.74) is 0. The molecule has 1 unspecified atom stereocenters. The predicted octanol–water partition coefficient (Wildman–Crippen LogP) is 6.68. The quantitative estimate of drug-likeness (QED) is 0.144. The van der Waals surface area contributed by atoms with Crippen LogP contribution in [0, 0.1) is 5.92 Å². The summed E-state index contributed by atoms with van der Waals surface area (Å²) in [5, 5.41) is 1.06. The van der Waals surface area contributed by atoms with Crippen LogP contribution in [-0.2, 0) is 14.2 Å². The summed E-state index contributed by atoms with van der Waals surface area (Å²) in [5.74, 6) is -0.545. The van der Waals surface area contributed by atoms with Crippen LogP contribution in [0.3, 0.4) is 0 Å². The molecule has 146 valence electrons. The van der Waals surface area contributed by atoms with Crippen molar-refractivity contribution in [3.8, 4) is 0 Å². The van der Waals surface area contributed by atoms with Crippen LogP contribution in [-0.4, -0.2) is 31.1 Å². The average molecular weight is 409 g/mol. The molecular formula is C20H41BrO3. The standard InChI is InChI=1S/C20H41BrO3/c1-5-9-10-11-12-13-16-19(17-14-15-18-21)20(22-6-2,23-7-3)24-8-4/h19H,5-18H2,1-4H3. The molecule has 0 aromatic rings. The Morgan fingerprint density at radius 3 is 1.58 bits per heavy atom. The molecule has 0 aromatic heterocycles. The van der Waals surface area contributed by atoms with E-state index >= 15 is 0 Å². The summed E-state index contributed by atoms with van der Waals surface area (Å²) < 4.78 is 18.1. The van der Waals surface area contributed by atoms with Crippen molar-refractivity contribution in [1.82, 2.24) is 0 Å². The molecule has 0 bridgehead atoms. The van der Waals surface area contributed by atoms with Crippen LogP contribution in [0.1, 0.15) is 91.9 Å². The second-order valence-corrected chi connectivity index (χ2v) is 7.13. The van der Waals surface area contributed by atoms with E-state index in [1.807, 2.05) is 20.8 Å². The second-order valence-electron chi connectivity index (χ2n) is 6.34. The van der Waals surface area contributed by atoms with Crippen LogP contribution < -0.4 is 0 Å². The van der Waals surface area contributed by atoms with E-state index in [1.54, 1.807) is 0 Å². The van der Waals surface area contributed by atoms with Gasteiger partial charge in [-0.05, 0) is 40.0 Å². The van der Waals surface area contributed by atoms with Crippen molar-refractivity contribution in [1.29, 1.82) is 0 Å². The number of halogens is 1. The van der Waals surface area contributed by atoms with Crippen LogP contribution >= 0.6 is 15.9 Å². The van der Waals surface area contributed by atoms with Crippen molar-refractivity contribution < 1.29 is 14.2 Å². The minimum atomic E-state index is -0.853. The normalized spacial score (nSPS) is 13.4. The predicted molar refractivity (Wildman–Crippen MR) is 107 cm³/mol. The zero-order chi connectivity index (χ0) is 18.1. The molecule has 0 spiro atoms. The average Bonchev–Trinajstić information content (AvgIpc) is 2.57. The lowest BCUT2D eigenvalue weighted by Crippen LogP contribution is -2.46. The fourth-order valence-corrected chi connectivity index (χ4v) is 3.63. The van der Waals surface area contributed by atoms with Crippen LogP contribution in [0.2, 0.25) is 0 Å². The molecule has 0 radical (unpaired) electrons. The third-order valence-corrected chi connectivity index (χ3v) is 4.94. The summed E-state index contributed by atoms with van der Waals surface area (Å²) in [6, 6.07) is 0. The molecular weight excluding hydrogens is 368 g/mol. The number of hydrogen-bond acceptors (Lipinski definition) is 3. The second kappa shape index (κ2) is 16.8. The van der Waals surface area contributed by atoms with E-state index in [-0.39, 0.29) is 0 Å². The summed E-state index contributed by atoms with van der Waals surface area (Å²) in [4.78, 5) is 0. The van der Waals surface area contributed by atoms with Gasteiger partial charge in [-0.2, -0.15) is 0 Å². The van der Waals surface area contributed by atoms with Gasteiger partial charge < -0.3 is 14.2 Å². The van der Waals surface area contributed by atoms with Gasteiger partial charge in [-0.25, -0.2) is 0 Å². The third-order valence-electron chi connectivity index (χ3n) is 4.38. The van der Waals surface area contributed by atoms with E-state index in [4.69, 9.17) is 14.2 Å². The molecule has 0 saturated carbocycles. The lowest BCUT2D eigenvalue weighted by molar-refractivity contribution is -0.403. The first-order valence-corrected chi connectivity index (χ1v) is 11.3. The summed E-state index contributed by atoms with van der Waals surface area (Å²) in [6.45, 7) is 10.2. The number of unbranched alkanes of at least 4 members (excludes halogenated alkanes) is 6. The summed E-state index contributed by atoms with van der Waals surface area (Å²) in [7, 11) is 0. The van der Waals surface area contributed by atoms with E-state index in [2.05, 4.69) is 22.9 Å². The zero-order valence-electron chi connectivity index (χ0n) is 16.6.